The Kier molecular flexibility index (Phi) is 23.7. The fourth-order valence-electron chi connectivity index (χ4n) is 4.15. The van der Waals surface area contributed by atoms with Crippen molar-refractivity contribution < 1.29 is 24.6 Å². The van der Waals surface area contributed by atoms with Crippen LogP contribution in [0.5, 0.6) is 0 Å². The van der Waals surface area contributed by atoms with Gasteiger partial charge < -0.3 is 54.2 Å². The smallest absolute Gasteiger partial charge is 0.300 e. The fraction of sp³-hybridized carbons (Fsp3) is 0.125. The second-order valence-corrected chi connectivity index (χ2v) is 16.5. The number of amides is 1. The summed E-state index contributed by atoms with van der Waals surface area (Å²) in [4.78, 5) is 43.5. The third-order valence-corrected chi connectivity index (χ3v) is 9.01. The van der Waals surface area contributed by atoms with Gasteiger partial charge in [-0.2, -0.15) is 0 Å². The number of carbonyl (C=O) groups excluding carboxylic acids is 1. The lowest BCUT2D eigenvalue weighted by Crippen LogP contribution is -2.07. The van der Waals surface area contributed by atoms with E-state index in [1.54, 1.807) is 36.4 Å². The Morgan fingerprint density at radius 3 is 1.10 bits per heavy atom. The summed E-state index contributed by atoms with van der Waals surface area (Å²) in [6, 6.07) is 28.1. The molecule has 0 atom stereocenters. The van der Waals surface area contributed by atoms with E-state index in [1.165, 1.54) is 6.92 Å². The van der Waals surface area contributed by atoms with Gasteiger partial charge in [0, 0.05) is 43.1 Å². The van der Waals surface area contributed by atoms with Gasteiger partial charge in [0.15, 0.2) is 0 Å². The summed E-state index contributed by atoms with van der Waals surface area (Å²) in [6.07, 6.45) is 0. The molecule has 1 amide bonds. The molecular formula is C40H45Br5N10O5. The molecule has 0 bridgehead atoms. The van der Waals surface area contributed by atoms with Crippen molar-refractivity contribution in [2.24, 2.45) is 0 Å². The van der Waals surface area contributed by atoms with Crippen LogP contribution in [0.25, 0.3) is 22.1 Å². The molecule has 0 fully saturated rings. The number of nitrogens with zero attached hydrogens (tertiary/aromatic N) is 2. The summed E-state index contributed by atoms with van der Waals surface area (Å²) in [5.74, 6) is 0.125. The number of benzene rings is 5. The highest BCUT2D eigenvalue weighted by Crippen LogP contribution is 2.23. The lowest BCUT2D eigenvalue weighted by Gasteiger charge is -2.05. The van der Waals surface area contributed by atoms with Gasteiger partial charge in [-0.05, 0) is 105 Å². The molecule has 0 saturated heterocycles. The summed E-state index contributed by atoms with van der Waals surface area (Å²) >= 11 is 16.6. The summed E-state index contributed by atoms with van der Waals surface area (Å²) in [5.41, 5.74) is 35.3. The van der Waals surface area contributed by atoms with Crippen LogP contribution in [0.4, 0.5) is 34.1 Å². The highest BCUT2D eigenvalue weighted by atomic mass is 79.9. The summed E-state index contributed by atoms with van der Waals surface area (Å²) in [7, 11) is 0. The van der Waals surface area contributed by atoms with E-state index in [9.17, 15) is 4.79 Å². The Bertz CT molecular complexity index is 2350. The first-order chi connectivity index (χ1) is 28.0. The van der Waals surface area contributed by atoms with Crippen molar-refractivity contribution in [3.05, 3.63) is 125 Å². The first kappa shape index (κ1) is 52.9. The molecule has 0 aliphatic carbocycles. The molecule has 7 aromatic rings. The number of hydrogen-bond acceptors (Lipinski definition) is 10. The van der Waals surface area contributed by atoms with Crippen molar-refractivity contribution in [2.45, 2.75) is 34.6 Å². The Balaban J connectivity index is 0.000000360. The van der Waals surface area contributed by atoms with Crippen LogP contribution >= 0.6 is 79.6 Å². The minimum atomic E-state index is -0.833. The molecule has 0 saturated carbocycles. The zero-order valence-corrected chi connectivity index (χ0v) is 40.9. The zero-order chi connectivity index (χ0) is 45.7. The number of H-pyrrole nitrogens is 2. The number of aromatic amines is 2. The largest absolute Gasteiger partial charge is 0.481 e. The van der Waals surface area contributed by atoms with Crippen molar-refractivity contribution in [1.82, 2.24) is 19.9 Å². The normalized spacial score (nSPS) is 9.50. The highest BCUT2D eigenvalue weighted by molar-refractivity contribution is 9.11. The van der Waals surface area contributed by atoms with E-state index in [1.807, 2.05) is 68.4 Å². The topological polar surface area (TPSA) is 291 Å². The number of imidazole rings is 2. The third kappa shape index (κ3) is 22.3. The number of hydrogen-bond donors (Lipinski definition) is 10. The van der Waals surface area contributed by atoms with Gasteiger partial charge in [0.2, 0.25) is 5.91 Å². The number of halogens is 5. The third-order valence-electron chi connectivity index (χ3n) is 6.55. The lowest BCUT2D eigenvalue weighted by molar-refractivity contribution is -0.135. The fourth-order valence-corrected chi connectivity index (χ4v) is 6.01. The van der Waals surface area contributed by atoms with Crippen LogP contribution in [0.2, 0.25) is 0 Å². The SMILES string of the molecule is CC(=O)Nc1ccc(Br)cc1N.CC(=O)O.CC(=O)O.Cc1nc2ccc(Br)cc2[nH]1.Cc1nc2ccc(Br)cc2[nH]1.Nc1ccc(Br)cc1N.Nc1ccc(Br)cc1N. The number of anilines is 6. The van der Waals surface area contributed by atoms with Gasteiger partial charge >= 0.3 is 0 Å². The number of aromatic nitrogens is 4. The zero-order valence-electron chi connectivity index (χ0n) is 33.0. The van der Waals surface area contributed by atoms with Gasteiger partial charge in [-0.1, -0.05) is 79.6 Å². The maximum absolute atomic E-state index is 10.7. The molecule has 2 aromatic heterocycles. The maximum atomic E-state index is 10.7. The average Bonchev–Trinajstić information content (AvgIpc) is 3.69. The molecule has 0 radical (unpaired) electrons. The number of nitrogens with one attached hydrogen (secondary N) is 3. The van der Waals surface area contributed by atoms with E-state index in [0.29, 0.717) is 34.1 Å². The van der Waals surface area contributed by atoms with E-state index in [-0.39, 0.29) is 5.91 Å². The number of aryl methyl sites for hydroxylation is 2. The standard InChI is InChI=1S/C8H9BrN2O.2C8H7BrN2.2C6H7BrN2.2C2H4O2/c1-5(12)11-8-3-2-6(9)4-7(8)10;2*1-5-10-7-3-2-6(9)4-8(7)11-5;2*7-4-1-2-5(8)6(9)3-4;2*1-2(3)4/h2-4H,10H2,1H3,(H,11,12);2*2-4H,1H3,(H,10,11);2*1-3H,8-9H2;2*1H3,(H,3,4). The minimum absolute atomic E-state index is 0.121. The Morgan fingerprint density at radius 2 is 0.800 bits per heavy atom. The summed E-state index contributed by atoms with van der Waals surface area (Å²) in [5, 5.41) is 17.4. The van der Waals surface area contributed by atoms with Crippen LogP contribution < -0.4 is 34.0 Å². The Hall–Kier alpha value is -5.15. The number of fused-ring (bicyclic) bond motifs is 2. The average molecular weight is 1150 g/mol. The van der Waals surface area contributed by atoms with Gasteiger partial charge in [0.25, 0.3) is 11.9 Å². The number of carbonyl (C=O) groups is 3. The molecule has 320 valence electrons. The first-order valence-electron chi connectivity index (χ1n) is 17.0. The van der Waals surface area contributed by atoms with Crippen molar-refractivity contribution in [3.8, 4) is 0 Å². The molecule has 0 aliphatic heterocycles. The first-order valence-corrected chi connectivity index (χ1v) is 21.0. The second kappa shape index (κ2) is 26.8. The van der Waals surface area contributed by atoms with E-state index < -0.39 is 11.9 Å². The van der Waals surface area contributed by atoms with Crippen LogP contribution in [0.3, 0.4) is 0 Å². The lowest BCUT2D eigenvalue weighted by atomic mass is 10.3. The molecule has 20 heteroatoms. The van der Waals surface area contributed by atoms with Gasteiger partial charge in [0.05, 0.1) is 56.2 Å². The second-order valence-electron chi connectivity index (χ2n) is 12.0. The van der Waals surface area contributed by atoms with Crippen molar-refractivity contribution >= 4 is 154 Å². The Labute approximate surface area is 388 Å². The number of carboxylic acid groups (broad SMARTS) is 2. The highest BCUT2D eigenvalue weighted by Gasteiger charge is 2.01. The Morgan fingerprint density at radius 1 is 0.500 bits per heavy atom. The van der Waals surface area contributed by atoms with E-state index >= 15 is 0 Å². The molecule has 0 unspecified atom stereocenters. The predicted octanol–water partition coefficient (Wildman–Crippen LogP) is 10.7. The monoisotopic (exact) mass is 1140 g/mol. The molecule has 0 spiro atoms. The van der Waals surface area contributed by atoms with Crippen molar-refractivity contribution in [3.63, 3.8) is 0 Å². The maximum Gasteiger partial charge on any atom is 0.300 e. The van der Waals surface area contributed by atoms with Crippen molar-refractivity contribution in [2.75, 3.05) is 34.0 Å². The van der Waals surface area contributed by atoms with Crippen LogP contribution in [-0.2, 0) is 14.4 Å². The molecule has 0 aliphatic rings. The molecule has 60 heavy (non-hydrogen) atoms. The number of nitrogen functional groups attached to an aromatic ring is 5. The van der Waals surface area contributed by atoms with Crippen molar-refractivity contribution in [1.29, 1.82) is 0 Å². The van der Waals surface area contributed by atoms with Gasteiger partial charge in [-0.25, -0.2) is 9.97 Å². The molecular weight excluding hydrogens is 1100 g/mol. The number of nitrogens with two attached hydrogens (primary N) is 5. The van der Waals surface area contributed by atoms with E-state index in [2.05, 4.69) is 105 Å². The molecule has 5 aromatic carbocycles. The van der Waals surface area contributed by atoms with E-state index in [0.717, 1.165) is 69.9 Å². The molecule has 15 N–H and O–H groups in total. The molecule has 15 nitrogen and oxygen atoms in total. The number of aliphatic carboxylic acids is 2. The van der Waals surface area contributed by atoms with Crippen LogP contribution in [-0.4, -0.2) is 48.0 Å². The van der Waals surface area contributed by atoms with Crippen LogP contribution in [0, 0.1) is 13.8 Å². The number of carboxylic acids is 2. The van der Waals surface area contributed by atoms with Gasteiger partial charge in [-0.3, -0.25) is 14.4 Å². The van der Waals surface area contributed by atoms with Gasteiger partial charge in [-0.15, -0.1) is 0 Å². The van der Waals surface area contributed by atoms with Crippen LogP contribution in [0.1, 0.15) is 32.4 Å². The quantitative estimate of drug-likeness (QED) is 0.0687. The van der Waals surface area contributed by atoms with Gasteiger partial charge in [0.1, 0.15) is 11.6 Å². The summed E-state index contributed by atoms with van der Waals surface area (Å²) in [6.45, 7) is 7.52. The minimum Gasteiger partial charge on any atom is -0.481 e. The number of rotatable bonds is 1. The molecule has 2 heterocycles. The molecule has 7 rings (SSSR count). The predicted molar refractivity (Wildman–Crippen MR) is 262 cm³/mol. The summed E-state index contributed by atoms with van der Waals surface area (Å²) < 4.78 is 4.96. The van der Waals surface area contributed by atoms with E-state index in [4.69, 9.17) is 48.5 Å². The van der Waals surface area contributed by atoms with Crippen LogP contribution in [0.15, 0.2) is 113 Å².